The molecule has 0 fully saturated rings. The number of halogens is 2. The van der Waals surface area contributed by atoms with E-state index in [1.165, 1.54) is 24.3 Å². The van der Waals surface area contributed by atoms with Crippen molar-refractivity contribution in [3.8, 4) is 0 Å². The highest BCUT2D eigenvalue weighted by Gasteiger charge is 2.20. The topological polar surface area (TPSA) is 75.6 Å². The van der Waals surface area contributed by atoms with Gasteiger partial charge in [0.2, 0.25) is 5.91 Å². The summed E-state index contributed by atoms with van der Waals surface area (Å²) in [5.74, 6) is -2.20. The Morgan fingerprint density at radius 2 is 2.24 bits per heavy atom. The summed E-state index contributed by atoms with van der Waals surface area (Å²) in [5, 5.41) is 11.3. The summed E-state index contributed by atoms with van der Waals surface area (Å²) >= 11 is 3.21. The Labute approximate surface area is 129 Å². The molecule has 0 bridgehead atoms. The highest BCUT2D eigenvalue weighted by molar-refractivity contribution is 9.10. The van der Waals surface area contributed by atoms with Gasteiger partial charge in [0.25, 0.3) is 0 Å². The molecule has 0 saturated heterocycles. The van der Waals surface area contributed by atoms with Crippen molar-refractivity contribution in [1.82, 2.24) is 5.32 Å². The van der Waals surface area contributed by atoms with Crippen LogP contribution in [0.2, 0.25) is 0 Å². The van der Waals surface area contributed by atoms with Gasteiger partial charge >= 0.3 is 5.97 Å². The fourth-order valence-corrected chi connectivity index (χ4v) is 1.93. The van der Waals surface area contributed by atoms with Crippen molar-refractivity contribution in [1.29, 1.82) is 0 Å². The van der Waals surface area contributed by atoms with Crippen LogP contribution in [0.25, 0.3) is 0 Å². The standard InChI is InChI=1S/C14H15BrFNO4/c1-2-5-21-8-12(14(19)20)17-13(18)7-9-6-10(16)3-4-11(9)15/h2-4,6,12H,1,5,7-8H2,(H,17,18)(H,19,20). The maximum atomic E-state index is 13.1. The summed E-state index contributed by atoms with van der Waals surface area (Å²) in [6.07, 6.45) is 1.34. The van der Waals surface area contributed by atoms with Crippen LogP contribution in [-0.4, -0.2) is 36.2 Å². The van der Waals surface area contributed by atoms with E-state index < -0.39 is 23.7 Å². The lowest BCUT2D eigenvalue weighted by Gasteiger charge is -2.14. The quantitative estimate of drug-likeness (QED) is 0.549. The van der Waals surface area contributed by atoms with E-state index >= 15 is 0 Å². The molecule has 1 aromatic rings. The summed E-state index contributed by atoms with van der Waals surface area (Å²) in [4.78, 5) is 22.8. The first kappa shape index (κ1) is 17.3. The van der Waals surface area contributed by atoms with Crippen molar-refractivity contribution < 1.29 is 23.8 Å². The Kier molecular flexibility index (Phi) is 7.04. The number of hydrogen-bond donors (Lipinski definition) is 2. The molecule has 21 heavy (non-hydrogen) atoms. The molecule has 1 unspecified atom stereocenters. The lowest BCUT2D eigenvalue weighted by molar-refractivity contribution is -0.143. The van der Waals surface area contributed by atoms with Gasteiger partial charge in [-0.1, -0.05) is 22.0 Å². The maximum absolute atomic E-state index is 13.1. The molecule has 0 radical (unpaired) electrons. The van der Waals surface area contributed by atoms with Gasteiger partial charge in [-0.15, -0.1) is 6.58 Å². The average molecular weight is 360 g/mol. The highest BCUT2D eigenvalue weighted by atomic mass is 79.9. The number of carboxylic acid groups (broad SMARTS) is 1. The minimum atomic E-state index is -1.20. The van der Waals surface area contributed by atoms with E-state index in [4.69, 9.17) is 9.84 Å². The van der Waals surface area contributed by atoms with Crippen molar-refractivity contribution in [2.75, 3.05) is 13.2 Å². The van der Waals surface area contributed by atoms with Crippen LogP contribution in [0.15, 0.2) is 35.3 Å². The van der Waals surface area contributed by atoms with Crippen LogP contribution >= 0.6 is 15.9 Å². The third-order valence-electron chi connectivity index (χ3n) is 2.51. The fourth-order valence-electron chi connectivity index (χ4n) is 1.54. The molecule has 0 saturated carbocycles. The predicted octanol–water partition coefficient (Wildman–Crippen LogP) is 1.90. The SMILES string of the molecule is C=CCOCC(NC(=O)Cc1cc(F)ccc1Br)C(=O)O. The third kappa shape index (κ3) is 6.05. The molecule has 1 rings (SSSR count). The minimum absolute atomic E-state index is 0.135. The zero-order valence-corrected chi connectivity index (χ0v) is 12.7. The van der Waals surface area contributed by atoms with Crippen molar-refractivity contribution >= 4 is 27.8 Å². The summed E-state index contributed by atoms with van der Waals surface area (Å²) < 4.78 is 18.7. The van der Waals surface area contributed by atoms with Gasteiger partial charge in [0.15, 0.2) is 6.04 Å². The van der Waals surface area contributed by atoms with Crippen LogP contribution in [-0.2, 0) is 20.7 Å². The van der Waals surface area contributed by atoms with Gasteiger partial charge in [-0.25, -0.2) is 9.18 Å². The van der Waals surface area contributed by atoms with E-state index in [-0.39, 0.29) is 19.6 Å². The lowest BCUT2D eigenvalue weighted by Crippen LogP contribution is -2.44. The van der Waals surface area contributed by atoms with Gasteiger partial charge in [0, 0.05) is 4.47 Å². The summed E-state index contributed by atoms with van der Waals surface area (Å²) in [7, 11) is 0. The molecule has 0 aliphatic carbocycles. The van der Waals surface area contributed by atoms with Crippen molar-refractivity contribution in [3.63, 3.8) is 0 Å². The van der Waals surface area contributed by atoms with Crippen LogP contribution in [0.5, 0.6) is 0 Å². The van der Waals surface area contributed by atoms with E-state index in [0.717, 1.165) is 0 Å². The molecule has 0 aliphatic rings. The monoisotopic (exact) mass is 359 g/mol. The summed E-state index contributed by atoms with van der Waals surface area (Å²) in [6.45, 7) is 3.46. The molecular weight excluding hydrogens is 345 g/mol. The number of benzene rings is 1. The molecular formula is C14H15BrFNO4. The van der Waals surface area contributed by atoms with Gasteiger partial charge in [-0.2, -0.15) is 0 Å². The predicted molar refractivity (Wildman–Crippen MR) is 78.4 cm³/mol. The molecule has 1 atom stereocenters. The number of ether oxygens (including phenoxy) is 1. The number of aliphatic carboxylic acids is 1. The Balaban J connectivity index is 2.63. The highest BCUT2D eigenvalue weighted by Crippen LogP contribution is 2.18. The Morgan fingerprint density at radius 3 is 2.86 bits per heavy atom. The van der Waals surface area contributed by atoms with Crippen LogP contribution in [0.3, 0.4) is 0 Å². The molecule has 0 heterocycles. The van der Waals surface area contributed by atoms with E-state index in [2.05, 4.69) is 27.8 Å². The Bertz CT molecular complexity index is 536. The molecule has 2 N–H and O–H groups in total. The summed E-state index contributed by atoms with van der Waals surface area (Å²) in [5.41, 5.74) is 0.434. The third-order valence-corrected chi connectivity index (χ3v) is 3.29. The number of carboxylic acids is 1. The van der Waals surface area contributed by atoms with E-state index in [1.807, 2.05) is 0 Å². The second-order valence-corrected chi connectivity index (χ2v) is 5.05. The van der Waals surface area contributed by atoms with Crippen LogP contribution in [0.1, 0.15) is 5.56 Å². The molecule has 0 aliphatic heterocycles. The molecule has 114 valence electrons. The number of nitrogens with one attached hydrogen (secondary N) is 1. The molecule has 1 aromatic carbocycles. The maximum Gasteiger partial charge on any atom is 0.328 e. The number of carbonyl (C=O) groups excluding carboxylic acids is 1. The zero-order chi connectivity index (χ0) is 15.8. The van der Waals surface area contributed by atoms with Gasteiger partial charge in [-0.3, -0.25) is 4.79 Å². The fraction of sp³-hybridized carbons (Fsp3) is 0.286. The molecule has 5 nitrogen and oxygen atoms in total. The van der Waals surface area contributed by atoms with E-state index in [1.54, 1.807) is 0 Å². The number of rotatable bonds is 8. The molecule has 1 amide bonds. The lowest BCUT2D eigenvalue weighted by atomic mass is 10.1. The average Bonchev–Trinajstić information content (AvgIpc) is 2.42. The van der Waals surface area contributed by atoms with Gasteiger partial charge in [0.05, 0.1) is 19.6 Å². The van der Waals surface area contributed by atoms with E-state index in [0.29, 0.717) is 10.0 Å². The number of hydrogen-bond acceptors (Lipinski definition) is 3. The van der Waals surface area contributed by atoms with Gasteiger partial charge in [-0.05, 0) is 23.8 Å². The first-order valence-corrected chi connectivity index (χ1v) is 6.88. The molecule has 0 aromatic heterocycles. The Morgan fingerprint density at radius 1 is 1.52 bits per heavy atom. The second kappa shape index (κ2) is 8.53. The summed E-state index contributed by atoms with van der Waals surface area (Å²) in [6, 6.07) is 2.80. The smallest absolute Gasteiger partial charge is 0.328 e. The number of carbonyl (C=O) groups is 2. The minimum Gasteiger partial charge on any atom is -0.480 e. The molecule has 7 heteroatoms. The normalized spacial score (nSPS) is 11.7. The molecule has 0 spiro atoms. The van der Waals surface area contributed by atoms with Gasteiger partial charge in [0.1, 0.15) is 5.82 Å². The first-order chi connectivity index (χ1) is 9.93. The van der Waals surface area contributed by atoms with Crippen LogP contribution in [0, 0.1) is 5.82 Å². The van der Waals surface area contributed by atoms with Crippen LogP contribution < -0.4 is 5.32 Å². The zero-order valence-electron chi connectivity index (χ0n) is 11.1. The van der Waals surface area contributed by atoms with Crippen molar-refractivity contribution in [2.24, 2.45) is 0 Å². The second-order valence-electron chi connectivity index (χ2n) is 4.20. The van der Waals surface area contributed by atoms with Crippen molar-refractivity contribution in [2.45, 2.75) is 12.5 Å². The van der Waals surface area contributed by atoms with Crippen molar-refractivity contribution in [3.05, 3.63) is 46.7 Å². The van der Waals surface area contributed by atoms with E-state index in [9.17, 15) is 14.0 Å². The van der Waals surface area contributed by atoms with Gasteiger partial charge < -0.3 is 15.2 Å². The van der Waals surface area contributed by atoms with Crippen LogP contribution in [0.4, 0.5) is 4.39 Å². The largest absolute Gasteiger partial charge is 0.480 e. The Hall–Kier alpha value is -1.73. The number of amides is 1. The first-order valence-electron chi connectivity index (χ1n) is 6.08.